The van der Waals surface area contributed by atoms with E-state index in [1.54, 1.807) is 13.3 Å². The number of aryl methyl sites for hydroxylation is 1. The topological polar surface area (TPSA) is 70.3 Å². The molecular weight excluding hydrogens is 254 g/mol. The molecule has 0 amide bonds. The maximum atomic E-state index is 5.62. The average molecular weight is 273 g/mol. The van der Waals surface area contributed by atoms with Crippen molar-refractivity contribution in [1.82, 2.24) is 9.97 Å². The van der Waals surface area contributed by atoms with E-state index in [2.05, 4.69) is 9.97 Å². The predicted molar refractivity (Wildman–Crippen MR) is 76.8 cm³/mol. The van der Waals surface area contributed by atoms with Crippen LogP contribution in [0, 0.1) is 6.92 Å². The fourth-order valence-electron chi connectivity index (χ4n) is 1.77. The first kappa shape index (κ1) is 14.4. The van der Waals surface area contributed by atoms with E-state index in [4.69, 9.17) is 15.2 Å². The molecule has 1 aromatic carbocycles. The predicted octanol–water partition coefficient (Wildman–Crippen LogP) is 2.22. The summed E-state index contributed by atoms with van der Waals surface area (Å²) >= 11 is 0. The van der Waals surface area contributed by atoms with E-state index in [-0.39, 0.29) is 0 Å². The van der Waals surface area contributed by atoms with Crippen LogP contribution in [-0.4, -0.2) is 23.7 Å². The molecule has 0 aliphatic heterocycles. The van der Waals surface area contributed by atoms with Gasteiger partial charge in [0.25, 0.3) is 0 Å². The highest BCUT2D eigenvalue weighted by Gasteiger charge is 2.04. The van der Waals surface area contributed by atoms with Crippen LogP contribution in [0.5, 0.6) is 11.8 Å². The summed E-state index contributed by atoms with van der Waals surface area (Å²) in [4.78, 5) is 8.42. The van der Waals surface area contributed by atoms with Gasteiger partial charge in [-0.3, -0.25) is 0 Å². The molecule has 0 aliphatic carbocycles. The number of hydrogen-bond donors (Lipinski definition) is 1. The SMILES string of the molecule is COCCc1ccc(Oc2ncc(CN)c(C)n2)cc1. The van der Waals surface area contributed by atoms with E-state index < -0.39 is 0 Å². The molecule has 106 valence electrons. The van der Waals surface area contributed by atoms with Crippen LogP contribution in [-0.2, 0) is 17.7 Å². The number of rotatable bonds is 6. The minimum Gasteiger partial charge on any atom is -0.424 e. The van der Waals surface area contributed by atoms with Gasteiger partial charge in [0.05, 0.1) is 6.61 Å². The largest absolute Gasteiger partial charge is 0.424 e. The second-order valence-corrected chi connectivity index (χ2v) is 4.46. The molecule has 0 unspecified atom stereocenters. The van der Waals surface area contributed by atoms with Gasteiger partial charge in [-0.25, -0.2) is 4.98 Å². The van der Waals surface area contributed by atoms with Crippen molar-refractivity contribution in [2.45, 2.75) is 19.9 Å². The minimum absolute atomic E-state index is 0.337. The second kappa shape index (κ2) is 6.98. The van der Waals surface area contributed by atoms with Crippen molar-refractivity contribution in [3.8, 4) is 11.8 Å². The summed E-state index contributed by atoms with van der Waals surface area (Å²) in [6.07, 6.45) is 2.59. The van der Waals surface area contributed by atoms with Gasteiger partial charge in [-0.1, -0.05) is 12.1 Å². The maximum absolute atomic E-state index is 5.62. The summed E-state index contributed by atoms with van der Waals surface area (Å²) in [5.41, 5.74) is 8.55. The molecule has 0 radical (unpaired) electrons. The van der Waals surface area contributed by atoms with E-state index in [0.717, 1.165) is 17.7 Å². The fraction of sp³-hybridized carbons (Fsp3) is 0.333. The van der Waals surface area contributed by atoms with Crippen molar-refractivity contribution in [2.75, 3.05) is 13.7 Å². The Bertz CT molecular complexity index is 556. The zero-order chi connectivity index (χ0) is 14.4. The van der Waals surface area contributed by atoms with E-state index in [0.29, 0.717) is 24.9 Å². The van der Waals surface area contributed by atoms with Gasteiger partial charge in [-0.2, -0.15) is 4.98 Å². The Morgan fingerprint density at radius 3 is 2.55 bits per heavy atom. The lowest BCUT2D eigenvalue weighted by molar-refractivity contribution is 0.202. The maximum Gasteiger partial charge on any atom is 0.322 e. The first-order chi connectivity index (χ1) is 9.72. The van der Waals surface area contributed by atoms with Crippen molar-refractivity contribution < 1.29 is 9.47 Å². The molecule has 0 spiro atoms. The van der Waals surface area contributed by atoms with Crippen LogP contribution in [0.2, 0.25) is 0 Å². The Kier molecular flexibility index (Phi) is 5.03. The van der Waals surface area contributed by atoms with Crippen molar-refractivity contribution in [3.05, 3.63) is 47.3 Å². The number of nitrogens with zero attached hydrogens (tertiary/aromatic N) is 2. The van der Waals surface area contributed by atoms with E-state index >= 15 is 0 Å². The van der Waals surface area contributed by atoms with Gasteiger partial charge in [-0.05, 0) is 31.0 Å². The van der Waals surface area contributed by atoms with Gasteiger partial charge in [0.15, 0.2) is 0 Å². The van der Waals surface area contributed by atoms with Gasteiger partial charge in [0.1, 0.15) is 5.75 Å². The number of ether oxygens (including phenoxy) is 2. The van der Waals surface area contributed by atoms with Crippen LogP contribution in [0.25, 0.3) is 0 Å². The van der Waals surface area contributed by atoms with Crippen molar-refractivity contribution in [3.63, 3.8) is 0 Å². The molecule has 1 heterocycles. The molecule has 0 saturated heterocycles. The molecule has 0 saturated carbocycles. The number of hydrogen-bond acceptors (Lipinski definition) is 5. The second-order valence-electron chi connectivity index (χ2n) is 4.46. The van der Waals surface area contributed by atoms with Crippen molar-refractivity contribution >= 4 is 0 Å². The number of methoxy groups -OCH3 is 1. The quantitative estimate of drug-likeness (QED) is 0.874. The molecule has 0 fully saturated rings. The van der Waals surface area contributed by atoms with Crippen molar-refractivity contribution in [1.29, 1.82) is 0 Å². The summed E-state index contributed by atoms with van der Waals surface area (Å²) in [5.74, 6) is 0.714. The zero-order valence-electron chi connectivity index (χ0n) is 11.8. The van der Waals surface area contributed by atoms with E-state index in [9.17, 15) is 0 Å². The van der Waals surface area contributed by atoms with Crippen LogP contribution in [0.4, 0.5) is 0 Å². The summed E-state index contributed by atoms with van der Waals surface area (Å²) < 4.78 is 10.7. The van der Waals surface area contributed by atoms with Crippen molar-refractivity contribution in [2.24, 2.45) is 5.73 Å². The monoisotopic (exact) mass is 273 g/mol. The van der Waals surface area contributed by atoms with E-state index in [1.807, 2.05) is 31.2 Å². The third kappa shape index (κ3) is 3.76. The molecule has 0 aliphatic rings. The molecular formula is C15H19N3O2. The Morgan fingerprint density at radius 2 is 1.95 bits per heavy atom. The van der Waals surface area contributed by atoms with Gasteiger partial charge in [-0.15, -0.1) is 0 Å². The Hall–Kier alpha value is -1.98. The third-order valence-corrected chi connectivity index (χ3v) is 3.01. The minimum atomic E-state index is 0.337. The standard InChI is InChI=1S/C15H19N3O2/c1-11-13(9-16)10-17-15(18-11)20-14-5-3-12(4-6-14)7-8-19-2/h3-6,10H,7-9,16H2,1-2H3. The van der Waals surface area contributed by atoms with Gasteiger partial charge < -0.3 is 15.2 Å². The summed E-state index contributed by atoms with van der Waals surface area (Å²) in [5, 5.41) is 0. The lowest BCUT2D eigenvalue weighted by atomic mass is 10.1. The van der Waals surface area contributed by atoms with Gasteiger partial charge in [0, 0.05) is 31.1 Å². The number of benzene rings is 1. The Balaban J connectivity index is 2.04. The average Bonchev–Trinajstić information content (AvgIpc) is 2.47. The molecule has 2 aromatic rings. The van der Waals surface area contributed by atoms with Crippen LogP contribution in [0.15, 0.2) is 30.5 Å². The molecule has 0 atom stereocenters. The molecule has 5 nitrogen and oxygen atoms in total. The molecule has 20 heavy (non-hydrogen) atoms. The Morgan fingerprint density at radius 1 is 1.20 bits per heavy atom. The zero-order valence-corrected chi connectivity index (χ0v) is 11.8. The molecule has 5 heteroatoms. The third-order valence-electron chi connectivity index (χ3n) is 3.01. The van der Waals surface area contributed by atoms with Gasteiger partial charge in [0.2, 0.25) is 0 Å². The van der Waals surface area contributed by atoms with Crippen LogP contribution < -0.4 is 10.5 Å². The summed E-state index contributed by atoms with van der Waals surface area (Å²) in [6.45, 7) is 3.04. The van der Waals surface area contributed by atoms with Gasteiger partial charge >= 0.3 is 6.01 Å². The molecule has 0 bridgehead atoms. The molecule has 2 N–H and O–H groups in total. The molecule has 1 aromatic heterocycles. The highest BCUT2D eigenvalue weighted by Crippen LogP contribution is 2.19. The first-order valence-corrected chi connectivity index (χ1v) is 6.51. The lowest BCUT2D eigenvalue weighted by Crippen LogP contribution is -2.03. The number of nitrogens with two attached hydrogens (primary N) is 1. The lowest BCUT2D eigenvalue weighted by Gasteiger charge is -2.07. The van der Waals surface area contributed by atoms with Crippen LogP contribution >= 0.6 is 0 Å². The number of aromatic nitrogens is 2. The summed E-state index contributed by atoms with van der Waals surface area (Å²) in [6, 6.07) is 8.16. The smallest absolute Gasteiger partial charge is 0.322 e. The fourth-order valence-corrected chi connectivity index (χ4v) is 1.77. The highest BCUT2D eigenvalue weighted by atomic mass is 16.5. The first-order valence-electron chi connectivity index (χ1n) is 6.51. The molecule has 2 rings (SSSR count). The Labute approximate surface area is 118 Å². The highest BCUT2D eigenvalue weighted by molar-refractivity contribution is 5.30. The van der Waals surface area contributed by atoms with Crippen LogP contribution in [0.1, 0.15) is 16.8 Å². The summed E-state index contributed by atoms with van der Waals surface area (Å²) in [7, 11) is 1.70. The van der Waals surface area contributed by atoms with Crippen LogP contribution in [0.3, 0.4) is 0 Å². The van der Waals surface area contributed by atoms with E-state index in [1.165, 1.54) is 5.56 Å². The normalized spacial score (nSPS) is 10.6.